The Balaban J connectivity index is 1.61. The van der Waals surface area contributed by atoms with Crippen LogP contribution in [0, 0.1) is 0 Å². The number of hydrogen-bond donors (Lipinski definition) is 0. The zero-order chi connectivity index (χ0) is 22.6. The van der Waals surface area contributed by atoms with Crippen molar-refractivity contribution in [3.8, 4) is 17.2 Å². The van der Waals surface area contributed by atoms with Crippen LogP contribution in [0.5, 0.6) is 17.2 Å². The van der Waals surface area contributed by atoms with Crippen molar-refractivity contribution in [1.29, 1.82) is 0 Å². The summed E-state index contributed by atoms with van der Waals surface area (Å²) in [5.74, 6) is 2.53. The van der Waals surface area contributed by atoms with Gasteiger partial charge in [-0.3, -0.25) is 0 Å². The predicted octanol–water partition coefficient (Wildman–Crippen LogP) is 7.35. The summed E-state index contributed by atoms with van der Waals surface area (Å²) in [5, 5.41) is 0. The Morgan fingerprint density at radius 2 is 1.56 bits per heavy atom. The van der Waals surface area contributed by atoms with E-state index < -0.39 is 0 Å². The van der Waals surface area contributed by atoms with Gasteiger partial charge in [0.2, 0.25) is 0 Å². The minimum absolute atomic E-state index is 0.467. The number of allylic oxidation sites excluding steroid dienone is 4. The normalized spacial score (nSPS) is 11.4. The lowest BCUT2D eigenvalue weighted by molar-refractivity contribution is 0.296. The van der Waals surface area contributed by atoms with Gasteiger partial charge >= 0.3 is 0 Å². The molecule has 0 amide bonds. The maximum absolute atomic E-state index is 5.95. The molecule has 0 saturated heterocycles. The maximum Gasteiger partial charge on any atom is 0.125 e. The lowest BCUT2D eigenvalue weighted by Gasteiger charge is -2.11. The van der Waals surface area contributed by atoms with Gasteiger partial charge in [-0.15, -0.1) is 6.58 Å². The number of benzene rings is 3. The van der Waals surface area contributed by atoms with Gasteiger partial charge in [-0.1, -0.05) is 66.8 Å². The van der Waals surface area contributed by atoms with Gasteiger partial charge in [-0.05, 0) is 59.9 Å². The Kier molecular flexibility index (Phi) is 8.76. The van der Waals surface area contributed by atoms with Crippen molar-refractivity contribution in [2.24, 2.45) is 0 Å². The summed E-state index contributed by atoms with van der Waals surface area (Å²) in [6.07, 6.45) is 10.1. The minimum Gasteiger partial charge on any atom is -0.497 e. The first-order valence-electron chi connectivity index (χ1n) is 10.7. The van der Waals surface area contributed by atoms with E-state index in [-0.39, 0.29) is 0 Å². The molecule has 32 heavy (non-hydrogen) atoms. The summed E-state index contributed by atoms with van der Waals surface area (Å²) in [7, 11) is 3.35. The van der Waals surface area contributed by atoms with Gasteiger partial charge in [0.1, 0.15) is 23.9 Å². The Bertz CT molecular complexity index is 1040. The second kappa shape index (κ2) is 12.2. The summed E-state index contributed by atoms with van der Waals surface area (Å²) in [6.45, 7) is 4.37. The van der Waals surface area contributed by atoms with E-state index in [0.717, 1.165) is 41.2 Å². The van der Waals surface area contributed by atoms with Crippen molar-refractivity contribution < 1.29 is 14.2 Å². The molecule has 3 aromatic carbocycles. The molecular weight excluding hydrogens is 396 g/mol. The van der Waals surface area contributed by atoms with Crippen molar-refractivity contribution in [1.82, 2.24) is 0 Å². The highest BCUT2D eigenvalue weighted by atomic mass is 16.5. The summed E-state index contributed by atoms with van der Waals surface area (Å²) in [6, 6.07) is 24.1. The largest absolute Gasteiger partial charge is 0.497 e. The van der Waals surface area contributed by atoms with Crippen molar-refractivity contribution >= 4 is 11.6 Å². The fraction of sp³-hybridized carbons (Fsp3) is 0.172. The molecule has 0 fully saturated rings. The van der Waals surface area contributed by atoms with Crippen LogP contribution in [0.3, 0.4) is 0 Å². The maximum atomic E-state index is 5.95. The lowest BCUT2D eigenvalue weighted by Crippen LogP contribution is -1.98. The van der Waals surface area contributed by atoms with E-state index in [2.05, 4.69) is 36.9 Å². The quantitative estimate of drug-likeness (QED) is 0.300. The van der Waals surface area contributed by atoms with E-state index in [0.29, 0.717) is 6.61 Å². The average molecular weight is 427 g/mol. The third kappa shape index (κ3) is 6.64. The standard InChI is InChI=1S/C29H30O3/c1-4-9-24(11-6-5-10-23-14-18-27(30-2)19-15-23)25-16-20-28(21-17-25)32-22-26-12-7-8-13-29(26)31-3/h4-5,7-8,10-21H,1,6,9,22H2,2-3H3/b10-5+,24-11+. The average Bonchev–Trinajstić information content (AvgIpc) is 2.85. The monoisotopic (exact) mass is 426 g/mol. The summed E-state index contributed by atoms with van der Waals surface area (Å²) in [4.78, 5) is 0. The second-order valence-electron chi connectivity index (χ2n) is 7.26. The molecule has 0 bridgehead atoms. The van der Waals surface area contributed by atoms with Crippen LogP contribution in [0.2, 0.25) is 0 Å². The van der Waals surface area contributed by atoms with Gasteiger partial charge in [-0.25, -0.2) is 0 Å². The van der Waals surface area contributed by atoms with Gasteiger partial charge in [0, 0.05) is 5.56 Å². The zero-order valence-electron chi connectivity index (χ0n) is 18.8. The molecule has 0 radical (unpaired) electrons. The molecule has 0 aliphatic rings. The number of hydrogen-bond acceptors (Lipinski definition) is 3. The second-order valence-corrected chi connectivity index (χ2v) is 7.26. The van der Waals surface area contributed by atoms with Crippen LogP contribution in [0.4, 0.5) is 0 Å². The van der Waals surface area contributed by atoms with Crippen LogP contribution in [-0.4, -0.2) is 14.2 Å². The molecule has 3 heteroatoms. The van der Waals surface area contributed by atoms with Crippen molar-refractivity contribution in [3.63, 3.8) is 0 Å². The zero-order valence-corrected chi connectivity index (χ0v) is 18.8. The first kappa shape index (κ1) is 23.0. The van der Waals surface area contributed by atoms with E-state index in [1.807, 2.05) is 66.7 Å². The molecule has 3 rings (SSSR count). The molecule has 0 aromatic heterocycles. The van der Waals surface area contributed by atoms with E-state index in [9.17, 15) is 0 Å². The van der Waals surface area contributed by atoms with E-state index >= 15 is 0 Å². The van der Waals surface area contributed by atoms with Crippen LogP contribution in [0.1, 0.15) is 29.5 Å². The summed E-state index contributed by atoms with van der Waals surface area (Å²) < 4.78 is 16.5. The topological polar surface area (TPSA) is 27.7 Å². The molecule has 0 unspecified atom stereocenters. The highest BCUT2D eigenvalue weighted by Crippen LogP contribution is 2.24. The molecule has 0 N–H and O–H groups in total. The van der Waals surface area contributed by atoms with Gasteiger partial charge in [-0.2, -0.15) is 0 Å². The predicted molar refractivity (Wildman–Crippen MR) is 133 cm³/mol. The number of ether oxygens (including phenoxy) is 3. The van der Waals surface area contributed by atoms with Crippen LogP contribution in [0.15, 0.2) is 97.6 Å². The summed E-state index contributed by atoms with van der Waals surface area (Å²) >= 11 is 0. The molecule has 3 nitrogen and oxygen atoms in total. The molecule has 0 aliphatic heterocycles. The van der Waals surface area contributed by atoms with Crippen LogP contribution < -0.4 is 14.2 Å². The molecule has 0 atom stereocenters. The van der Waals surface area contributed by atoms with Crippen LogP contribution in [0.25, 0.3) is 11.6 Å². The number of rotatable bonds is 11. The molecular formula is C29H30O3. The Morgan fingerprint density at radius 1 is 0.844 bits per heavy atom. The molecule has 0 aliphatic carbocycles. The molecule has 0 heterocycles. The minimum atomic E-state index is 0.467. The van der Waals surface area contributed by atoms with Crippen molar-refractivity contribution in [3.05, 3.63) is 114 Å². The first-order chi connectivity index (χ1) is 15.7. The van der Waals surface area contributed by atoms with Gasteiger partial charge in [0.15, 0.2) is 0 Å². The third-order valence-electron chi connectivity index (χ3n) is 5.10. The Morgan fingerprint density at radius 3 is 2.25 bits per heavy atom. The molecule has 3 aromatic rings. The number of para-hydroxylation sites is 1. The first-order valence-corrected chi connectivity index (χ1v) is 10.7. The number of methoxy groups -OCH3 is 2. The van der Waals surface area contributed by atoms with Gasteiger partial charge in [0.25, 0.3) is 0 Å². The van der Waals surface area contributed by atoms with E-state index in [1.54, 1.807) is 14.2 Å². The van der Waals surface area contributed by atoms with E-state index in [4.69, 9.17) is 14.2 Å². The molecule has 164 valence electrons. The lowest BCUT2D eigenvalue weighted by atomic mass is 10.0. The van der Waals surface area contributed by atoms with Gasteiger partial charge < -0.3 is 14.2 Å². The molecule has 0 saturated carbocycles. The van der Waals surface area contributed by atoms with Crippen molar-refractivity contribution in [2.45, 2.75) is 19.4 Å². The van der Waals surface area contributed by atoms with Crippen LogP contribution in [-0.2, 0) is 6.61 Å². The Hall–Kier alpha value is -3.72. The van der Waals surface area contributed by atoms with Crippen molar-refractivity contribution in [2.75, 3.05) is 14.2 Å². The van der Waals surface area contributed by atoms with Crippen LogP contribution >= 0.6 is 0 Å². The highest BCUT2D eigenvalue weighted by Gasteiger charge is 2.04. The van der Waals surface area contributed by atoms with Gasteiger partial charge in [0.05, 0.1) is 14.2 Å². The SMILES string of the molecule is C=CC/C(=C\C/C=C/c1ccc(OC)cc1)c1ccc(OCc2ccccc2OC)cc1. The fourth-order valence-corrected chi connectivity index (χ4v) is 3.35. The van der Waals surface area contributed by atoms with E-state index in [1.165, 1.54) is 11.1 Å². The fourth-order valence-electron chi connectivity index (χ4n) is 3.35. The highest BCUT2D eigenvalue weighted by molar-refractivity contribution is 5.67. The molecule has 0 spiro atoms. The Labute approximate surface area is 191 Å². The summed E-state index contributed by atoms with van der Waals surface area (Å²) in [5.41, 5.74) is 4.60. The smallest absolute Gasteiger partial charge is 0.125 e. The third-order valence-corrected chi connectivity index (χ3v) is 5.10.